The van der Waals surface area contributed by atoms with E-state index in [0.29, 0.717) is 45.0 Å². The molecule has 0 unspecified atom stereocenters. The van der Waals surface area contributed by atoms with Gasteiger partial charge in [0, 0.05) is 57.1 Å². The van der Waals surface area contributed by atoms with Gasteiger partial charge in [0.25, 0.3) is 5.91 Å². The second-order valence-corrected chi connectivity index (χ2v) is 11.3. The minimum atomic E-state index is -1.31. The van der Waals surface area contributed by atoms with E-state index in [4.69, 9.17) is 9.72 Å². The maximum atomic E-state index is 15.1. The van der Waals surface area contributed by atoms with Crippen molar-refractivity contribution in [3.8, 4) is 11.3 Å². The number of amides is 1. The normalized spacial score (nSPS) is 21.6. The molecule has 1 aromatic heterocycles. The highest BCUT2D eigenvalue weighted by Crippen LogP contribution is 2.38. The van der Waals surface area contributed by atoms with Gasteiger partial charge in [0.1, 0.15) is 29.7 Å². The predicted octanol–water partition coefficient (Wildman–Crippen LogP) is 4.45. The number of aliphatic hydroxyl groups excluding tert-OH is 1. The summed E-state index contributed by atoms with van der Waals surface area (Å²) in [6.45, 7) is 3.60. The van der Waals surface area contributed by atoms with Gasteiger partial charge >= 0.3 is 0 Å². The number of alkyl halides is 1. The molecule has 0 radical (unpaired) electrons. The van der Waals surface area contributed by atoms with Gasteiger partial charge in [-0.2, -0.15) is 0 Å². The number of likely N-dealkylation sites (tertiary alicyclic amines) is 1. The minimum absolute atomic E-state index is 0.0124. The first-order valence-electron chi connectivity index (χ1n) is 14.2. The van der Waals surface area contributed by atoms with E-state index >= 15 is 4.39 Å². The maximum absolute atomic E-state index is 15.1. The van der Waals surface area contributed by atoms with Gasteiger partial charge in [-0.15, -0.1) is 0 Å². The van der Waals surface area contributed by atoms with E-state index in [1.165, 1.54) is 6.92 Å². The fraction of sp³-hybridized carbons (Fsp3) is 0.484. The van der Waals surface area contributed by atoms with E-state index in [1.54, 1.807) is 11.1 Å². The second kappa shape index (κ2) is 12.8. The molecule has 2 saturated heterocycles. The van der Waals surface area contributed by atoms with Crippen LogP contribution in [-0.2, 0) is 16.1 Å². The van der Waals surface area contributed by atoms with Crippen LogP contribution in [0.2, 0.25) is 0 Å². The lowest BCUT2D eigenvalue weighted by Gasteiger charge is -2.40. The number of halogens is 3. The number of imidazole rings is 1. The van der Waals surface area contributed by atoms with Gasteiger partial charge in [0.05, 0.1) is 11.7 Å². The molecule has 2 fully saturated rings. The SMILES string of the molecule is C[C@H](O)C(=O)N(C[C@@H]1CN(C)C[C@@H]1F)[C@@H](c1nc(-c2cc(F)ccc2F)cn1Cc1ccccc1)C1CCOCC1. The number of nitrogens with zero attached hydrogens (tertiary/aromatic N) is 4. The Morgan fingerprint density at radius 1 is 1.15 bits per heavy atom. The third-order valence-corrected chi connectivity index (χ3v) is 8.14. The smallest absolute Gasteiger partial charge is 0.251 e. The number of carbonyl (C=O) groups is 1. The molecule has 2 aliphatic rings. The van der Waals surface area contributed by atoms with Gasteiger partial charge in [0.15, 0.2) is 0 Å². The molecule has 0 aliphatic carbocycles. The molecule has 3 heterocycles. The van der Waals surface area contributed by atoms with Gasteiger partial charge in [-0.05, 0) is 56.5 Å². The molecule has 0 spiro atoms. The summed E-state index contributed by atoms with van der Waals surface area (Å²) in [5, 5.41) is 10.5. The molecule has 2 aromatic carbocycles. The van der Waals surface area contributed by atoms with Crippen molar-refractivity contribution in [2.75, 3.05) is 39.9 Å². The number of carbonyl (C=O) groups excluding carboxylic acids is 1. The number of benzene rings is 2. The third kappa shape index (κ3) is 6.66. The fourth-order valence-corrected chi connectivity index (χ4v) is 6.07. The van der Waals surface area contributed by atoms with Crippen molar-refractivity contribution >= 4 is 5.91 Å². The van der Waals surface area contributed by atoms with Crippen LogP contribution < -0.4 is 0 Å². The van der Waals surface area contributed by atoms with Crippen LogP contribution in [0.4, 0.5) is 13.2 Å². The molecule has 2 aliphatic heterocycles. The Morgan fingerprint density at radius 3 is 2.54 bits per heavy atom. The van der Waals surface area contributed by atoms with Gasteiger partial charge in [-0.1, -0.05) is 30.3 Å². The highest BCUT2D eigenvalue weighted by molar-refractivity contribution is 5.80. The first-order chi connectivity index (χ1) is 19.7. The van der Waals surface area contributed by atoms with Crippen LogP contribution in [0.5, 0.6) is 0 Å². The van der Waals surface area contributed by atoms with Crippen LogP contribution in [0.1, 0.15) is 37.2 Å². The first kappa shape index (κ1) is 29.3. The summed E-state index contributed by atoms with van der Waals surface area (Å²) in [5.74, 6) is -1.79. The van der Waals surface area contributed by atoms with Gasteiger partial charge in [0.2, 0.25) is 0 Å². The zero-order valence-electron chi connectivity index (χ0n) is 23.4. The summed E-state index contributed by atoms with van der Waals surface area (Å²) >= 11 is 0. The Balaban J connectivity index is 1.65. The van der Waals surface area contributed by atoms with Crippen molar-refractivity contribution < 1.29 is 27.8 Å². The van der Waals surface area contributed by atoms with E-state index in [9.17, 15) is 18.7 Å². The van der Waals surface area contributed by atoms with Crippen LogP contribution >= 0.6 is 0 Å². The topological polar surface area (TPSA) is 70.8 Å². The minimum Gasteiger partial charge on any atom is -0.384 e. The second-order valence-electron chi connectivity index (χ2n) is 11.3. The molecule has 0 bridgehead atoms. The molecular weight excluding hydrogens is 533 g/mol. The maximum Gasteiger partial charge on any atom is 0.251 e. The molecular formula is C31H37F3N4O3. The Hall–Kier alpha value is -3.21. The third-order valence-electron chi connectivity index (χ3n) is 8.14. The molecule has 3 aromatic rings. The predicted molar refractivity (Wildman–Crippen MR) is 149 cm³/mol. The Kier molecular flexibility index (Phi) is 9.11. The highest BCUT2D eigenvalue weighted by atomic mass is 19.1. The van der Waals surface area contributed by atoms with Crippen LogP contribution in [0, 0.1) is 23.5 Å². The zero-order chi connectivity index (χ0) is 29.1. The average molecular weight is 571 g/mol. The molecule has 4 atom stereocenters. The van der Waals surface area contributed by atoms with E-state index in [0.717, 1.165) is 23.8 Å². The summed E-state index contributed by atoms with van der Waals surface area (Å²) < 4.78 is 51.7. The van der Waals surface area contributed by atoms with E-state index in [1.807, 2.05) is 46.8 Å². The van der Waals surface area contributed by atoms with Crippen LogP contribution in [0.25, 0.3) is 11.3 Å². The van der Waals surface area contributed by atoms with Crippen LogP contribution in [0.15, 0.2) is 54.7 Å². The number of ether oxygens (including phenoxy) is 1. The van der Waals surface area contributed by atoms with Crippen molar-refractivity contribution in [3.05, 3.63) is 77.8 Å². The molecule has 1 amide bonds. The van der Waals surface area contributed by atoms with Crippen molar-refractivity contribution in [1.29, 1.82) is 0 Å². The average Bonchev–Trinajstić information content (AvgIpc) is 3.51. The summed E-state index contributed by atoms with van der Waals surface area (Å²) in [6, 6.07) is 12.2. The van der Waals surface area contributed by atoms with Crippen LogP contribution in [-0.4, -0.2) is 82.5 Å². The Morgan fingerprint density at radius 2 is 1.88 bits per heavy atom. The van der Waals surface area contributed by atoms with Gasteiger partial charge in [-0.3, -0.25) is 4.79 Å². The molecule has 5 rings (SSSR count). The Labute approximate surface area is 238 Å². The number of hydrogen-bond donors (Lipinski definition) is 1. The summed E-state index contributed by atoms with van der Waals surface area (Å²) in [4.78, 5) is 22.0. The number of aliphatic hydroxyl groups is 1. The zero-order valence-corrected chi connectivity index (χ0v) is 23.4. The van der Waals surface area contributed by atoms with Crippen molar-refractivity contribution in [3.63, 3.8) is 0 Å². The molecule has 10 heteroatoms. The first-order valence-corrected chi connectivity index (χ1v) is 14.2. The monoisotopic (exact) mass is 570 g/mol. The summed E-state index contributed by atoms with van der Waals surface area (Å²) in [5.41, 5.74) is 1.20. The fourth-order valence-electron chi connectivity index (χ4n) is 6.07. The van der Waals surface area contributed by atoms with Crippen molar-refractivity contribution in [1.82, 2.24) is 19.4 Å². The standard InChI is InChI=1S/C31H37F3N4O3/c1-20(39)31(40)38(17-23-16-36(2)18-27(23)34)29(22-10-12-41-13-11-22)30-35-28(25-14-24(32)8-9-26(25)33)19-37(30)15-21-6-4-3-5-7-21/h3-9,14,19-20,22-23,27,29,39H,10-13,15-18H2,1-2H3/t20-,23-,27-,29+/m0/s1. The Bertz CT molecular complexity index is 1330. The van der Waals surface area contributed by atoms with E-state index < -0.39 is 41.8 Å². The summed E-state index contributed by atoms with van der Waals surface area (Å²) in [7, 11) is 1.84. The molecule has 41 heavy (non-hydrogen) atoms. The summed E-state index contributed by atoms with van der Waals surface area (Å²) in [6.07, 6.45) is 0.492. The van der Waals surface area contributed by atoms with E-state index in [2.05, 4.69) is 0 Å². The number of rotatable bonds is 9. The lowest BCUT2D eigenvalue weighted by atomic mass is 9.88. The largest absolute Gasteiger partial charge is 0.384 e. The van der Waals surface area contributed by atoms with Gasteiger partial charge in [-0.25, -0.2) is 18.2 Å². The van der Waals surface area contributed by atoms with Crippen LogP contribution in [0.3, 0.4) is 0 Å². The quantitative estimate of drug-likeness (QED) is 0.412. The number of aromatic nitrogens is 2. The molecule has 0 saturated carbocycles. The lowest BCUT2D eigenvalue weighted by molar-refractivity contribution is -0.145. The molecule has 1 N–H and O–H groups in total. The van der Waals surface area contributed by atoms with Crippen molar-refractivity contribution in [2.45, 2.75) is 44.6 Å². The highest BCUT2D eigenvalue weighted by Gasteiger charge is 2.41. The molecule has 220 valence electrons. The lowest BCUT2D eigenvalue weighted by Crippen LogP contribution is -2.48. The van der Waals surface area contributed by atoms with Gasteiger partial charge < -0.3 is 24.2 Å². The number of hydrogen-bond acceptors (Lipinski definition) is 5. The van der Waals surface area contributed by atoms with Crippen molar-refractivity contribution in [2.24, 2.45) is 11.8 Å². The van der Waals surface area contributed by atoms with E-state index in [-0.39, 0.29) is 30.3 Å². The molecule has 7 nitrogen and oxygen atoms in total.